The number of rotatable bonds is 2. The molecule has 3 fully saturated rings. The summed E-state index contributed by atoms with van der Waals surface area (Å²) in [6.45, 7) is 5.33. The summed E-state index contributed by atoms with van der Waals surface area (Å²) in [5.74, 6) is 0.660. The van der Waals surface area contributed by atoms with Crippen molar-refractivity contribution in [1.82, 2.24) is 0 Å². The number of hydrogen-bond acceptors (Lipinski definition) is 3. The Labute approximate surface area is 109 Å². The molecule has 2 atom stereocenters. The number of carbonyl (C=O) groups excluding carboxylic acids is 1. The van der Waals surface area contributed by atoms with Gasteiger partial charge in [0.2, 0.25) is 0 Å². The van der Waals surface area contributed by atoms with Crippen molar-refractivity contribution in [3.63, 3.8) is 0 Å². The fourth-order valence-electron chi connectivity index (χ4n) is 4.18. The summed E-state index contributed by atoms with van der Waals surface area (Å²) in [5.41, 5.74) is 0.150. The number of ether oxygens (including phenoxy) is 2. The molecule has 1 spiro atoms. The second kappa shape index (κ2) is 4.46. The van der Waals surface area contributed by atoms with E-state index in [-0.39, 0.29) is 11.2 Å². The summed E-state index contributed by atoms with van der Waals surface area (Å²) >= 11 is 0. The molecule has 1 saturated heterocycles. The van der Waals surface area contributed by atoms with Crippen LogP contribution in [0.5, 0.6) is 0 Å². The van der Waals surface area contributed by atoms with Crippen molar-refractivity contribution in [2.24, 2.45) is 11.3 Å². The molecule has 3 heteroatoms. The number of hydrogen-bond donors (Lipinski definition) is 0. The standard InChI is InChI=1S/C15H22O3/c1-2-5-14-6-7-15(17-8-9-18-15)10-12(14)3-4-13(16)11-14/h2,12H,1,3-11H2/t12-,14+/m1/s1. The van der Waals surface area contributed by atoms with E-state index in [2.05, 4.69) is 6.58 Å². The van der Waals surface area contributed by atoms with Gasteiger partial charge in [-0.05, 0) is 30.6 Å². The molecule has 0 bridgehead atoms. The lowest BCUT2D eigenvalue weighted by molar-refractivity contribution is -0.212. The van der Waals surface area contributed by atoms with Crippen molar-refractivity contribution in [1.29, 1.82) is 0 Å². The van der Waals surface area contributed by atoms with E-state index >= 15 is 0 Å². The lowest BCUT2D eigenvalue weighted by Gasteiger charge is -2.51. The molecule has 3 nitrogen and oxygen atoms in total. The highest BCUT2D eigenvalue weighted by Gasteiger charge is 2.53. The average Bonchev–Trinajstić information content (AvgIpc) is 2.79. The SMILES string of the molecule is C=CC[C@@]12CCC3(C[C@H]1CCC(=O)C2)OCCO3. The number of carbonyl (C=O) groups is 1. The van der Waals surface area contributed by atoms with Crippen LogP contribution in [0.2, 0.25) is 0 Å². The lowest BCUT2D eigenvalue weighted by Crippen LogP contribution is -2.48. The van der Waals surface area contributed by atoms with Gasteiger partial charge in [-0.3, -0.25) is 4.79 Å². The summed E-state index contributed by atoms with van der Waals surface area (Å²) in [5, 5.41) is 0. The molecule has 0 radical (unpaired) electrons. The molecule has 3 rings (SSSR count). The fourth-order valence-corrected chi connectivity index (χ4v) is 4.18. The van der Waals surface area contributed by atoms with Crippen molar-refractivity contribution in [2.45, 2.75) is 50.7 Å². The molecule has 100 valence electrons. The maximum atomic E-state index is 11.8. The smallest absolute Gasteiger partial charge is 0.168 e. The molecule has 0 aromatic rings. The van der Waals surface area contributed by atoms with Crippen LogP contribution in [0.25, 0.3) is 0 Å². The highest BCUT2D eigenvalue weighted by atomic mass is 16.7. The van der Waals surface area contributed by atoms with Crippen LogP contribution < -0.4 is 0 Å². The van der Waals surface area contributed by atoms with E-state index in [0.717, 1.165) is 58.2 Å². The van der Waals surface area contributed by atoms with Gasteiger partial charge in [-0.25, -0.2) is 0 Å². The molecule has 18 heavy (non-hydrogen) atoms. The van der Waals surface area contributed by atoms with Crippen LogP contribution in [-0.4, -0.2) is 24.8 Å². The van der Waals surface area contributed by atoms with Crippen LogP contribution >= 0.6 is 0 Å². The van der Waals surface area contributed by atoms with Crippen molar-refractivity contribution < 1.29 is 14.3 Å². The van der Waals surface area contributed by atoms with Crippen LogP contribution in [0, 0.1) is 11.3 Å². The third kappa shape index (κ3) is 1.94. The van der Waals surface area contributed by atoms with Crippen molar-refractivity contribution in [3.05, 3.63) is 12.7 Å². The third-order valence-corrected chi connectivity index (χ3v) is 5.11. The monoisotopic (exact) mass is 250 g/mol. The van der Waals surface area contributed by atoms with E-state index in [4.69, 9.17) is 9.47 Å². The topological polar surface area (TPSA) is 35.5 Å². The molecule has 0 unspecified atom stereocenters. The summed E-state index contributed by atoms with van der Waals surface area (Å²) in [4.78, 5) is 11.8. The van der Waals surface area contributed by atoms with Gasteiger partial charge in [0.05, 0.1) is 13.2 Å². The summed E-state index contributed by atoms with van der Waals surface area (Å²) in [7, 11) is 0. The van der Waals surface area contributed by atoms with E-state index in [9.17, 15) is 4.79 Å². The second-order valence-corrected chi connectivity index (χ2v) is 6.12. The van der Waals surface area contributed by atoms with Gasteiger partial charge in [0.25, 0.3) is 0 Å². The van der Waals surface area contributed by atoms with Gasteiger partial charge in [-0.2, -0.15) is 0 Å². The van der Waals surface area contributed by atoms with Gasteiger partial charge < -0.3 is 9.47 Å². The van der Waals surface area contributed by atoms with E-state index in [1.165, 1.54) is 0 Å². The molecule has 0 amide bonds. The highest BCUT2D eigenvalue weighted by molar-refractivity contribution is 5.80. The Morgan fingerprint density at radius 2 is 2.11 bits per heavy atom. The molecule has 2 aliphatic carbocycles. The average molecular weight is 250 g/mol. The Morgan fingerprint density at radius 3 is 2.83 bits per heavy atom. The largest absolute Gasteiger partial charge is 0.348 e. The van der Waals surface area contributed by atoms with Crippen molar-refractivity contribution in [3.8, 4) is 0 Å². The first kappa shape index (κ1) is 12.4. The Bertz CT molecular complexity index is 357. The Balaban J connectivity index is 1.81. The van der Waals surface area contributed by atoms with E-state index in [1.54, 1.807) is 0 Å². The van der Waals surface area contributed by atoms with Crippen LogP contribution in [0.3, 0.4) is 0 Å². The number of Topliss-reactive ketones (excluding diaryl/α,β-unsaturated/α-hetero) is 1. The molecule has 3 aliphatic rings. The zero-order valence-electron chi connectivity index (χ0n) is 11.0. The van der Waals surface area contributed by atoms with Gasteiger partial charge in [0, 0.05) is 25.7 Å². The summed E-state index contributed by atoms with van der Waals surface area (Å²) in [6, 6.07) is 0. The van der Waals surface area contributed by atoms with E-state index < -0.39 is 0 Å². The van der Waals surface area contributed by atoms with Crippen LogP contribution in [-0.2, 0) is 14.3 Å². The Morgan fingerprint density at radius 1 is 1.33 bits per heavy atom. The minimum absolute atomic E-state index is 0.150. The van der Waals surface area contributed by atoms with Crippen molar-refractivity contribution >= 4 is 5.78 Å². The third-order valence-electron chi connectivity index (χ3n) is 5.11. The maximum absolute atomic E-state index is 11.8. The maximum Gasteiger partial charge on any atom is 0.168 e. The Kier molecular flexibility index (Phi) is 3.07. The van der Waals surface area contributed by atoms with Gasteiger partial charge in [-0.1, -0.05) is 6.08 Å². The fraction of sp³-hybridized carbons (Fsp3) is 0.800. The van der Waals surface area contributed by atoms with Crippen LogP contribution in [0.1, 0.15) is 44.9 Å². The Hall–Kier alpha value is -0.670. The molecular weight excluding hydrogens is 228 g/mol. The molecule has 0 N–H and O–H groups in total. The van der Waals surface area contributed by atoms with Gasteiger partial charge in [0.15, 0.2) is 5.79 Å². The summed E-state index contributed by atoms with van der Waals surface area (Å²) in [6.07, 6.45) is 8.36. The normalized spacial score (nSPS) is 38.7. The van der Waals surface area contributed by atoms with Gasteiger partial charge >= 0.3 is 0 Å². The minimum Gasteiger partial charge on any atom is -0.348 e. The van der Waals surface area contributed by atoms with Crippen LogP contribution in [0.15, 0.2) is 12.7 Å². The first-order valence-electron chi connectivity index (χ1n) is 7.09. The highest BCUT2D eigenvalue weighted by Crippen LogP contribution is 2.55. The number of fused-ring (bicyclic) bond motifs is 1. The molecule has 2 saturated carbocycles. The molecular formula is C15H22O3. The molecule has 0 aromatic heterocycles. The van der Waals surface area contributed by atoms with Gasteiger partial charge in [-0.15, -0.1) is 6.58 Å². The number of ketones is 1. The first-order valence-corrected chi connectivity index (χ1v) is 7.09. The predicted octanol–water partition coefficient (Wildman–Crippen LogP) is 2.85. The number of allylic oxidation sites excluding steroid dienone is 1. The molecule has 1 aliphatic heterocycles. The van der Waals surface area contributed by atoms with Gasteiger partial charge in [0.1, 0.15) is 5.78 Å². The van der Waals surface area contributed by atoms with Crippen LogP contribution in [0.4, 0.5) is 0 Å². The summed E-state index contributed by atoms with van der Waals surface area (Å²) < 4.78 is 11.7. The molecule has 0 aromatic carbocycles. The quantitative estimate of drug-likeness (QED) is 0.707. The predicted molar refractivity (Wildman–Crippen MR) is 68.1 cm³/mol. The first-order chi connectivity index (χ1) is 8.68. The van der Waals surface area contributed by atoms with E-state index in [0.29, 0.717) is 11.7 Å². The molecule has 1 heterocycles. The second-order valence-electron chi connectivity index (χ2n) is 6.12. The lowest BCUT2D eigenvalue weighted by atomic mass is 9.56. The zero-order valence-corrected chi connectivity index (χ0v) is 11.0. The zero-order chi connectivity index (χ0) is 12.6. The van der Waals surface area contributed by atoms with Crippen molar-refractivity contribution in [2.75, 3.05) is 13.2 Å². The van der Waals surface area contributed by atoms with E-state index in [1.807, 2.05) is 6.08 Å². The minimum atomic E-state index is -0.324.